The van der Waals surface area contributed by atoms with Crippen molar-refractivity contribution in [3.05, 3.63) is 42.7 Å². The quantitative estimate of drug-likeness (QED) is 0.644. The van der Waals surface area contributed by atoms with Crippen LogP contribution in [-0.2, 0) is 9.53 Å². The molecule has 0 unspecified atom stereocenters. The molecule has 0 bridgehead atoms. The van der Waals surface area contributed by atoms with E-state index in [0.29, 0.717) is 26.3 Å². The molecule has 2 saturated heterocycles. The summed E-state index contributed by atoms with van der Waals surface area (Å²) in [6.07, 6.45) is 3.58. The van der Waals surface area contributed by atoms with Gasteiger partial charge in [-0.2, -0.15) is 0 Å². The van der Waals surface area contributed by atoms with Crippen LogP contribution in [0.4, 0.5) is 5.82 Å². The first-order valence-electron chi connectivity index (χ1n) is 10.0. The van der Waals surface area contributed by atoms with E-state index in [4.69, 9.17) is 4.74 Å². The molecule has 3 heterocycles. The Morgan fingerprint density at radius 1 is 1.04 bits per heavy atom. The topological polar surface area (TPSA) is 58.6 Å². The molecular formula is C22H24N4O2. The van der Waals surface area contributed by atoms with Gasteiger partial charge in [-0.1, -0.05) is 24.3 Å². The highest BCUT2D eigenvalue weighted by molar-refractivity contribution is 6.01. The second-order valence-corrected chi connectivity index (χ2v) is 7.64. The van der Waals surface area contributed by atoms with Crippen molar-refractivity contribution in [3.63, 3.8) is 0 Å². The zero-order chi connectivity index (χ0) is 18.9. The van der Waals surface area contributed by atoms with Gasteiger partial charge >= 0.3 is 0 Å². The predicted octanol–water partition coefficient (Wildman–Crippen LogP) is 2.86. The Balaban J connectivity index is 1.45. The Kier molecular flexibility index (Phi) is 4.56. The lowest BCUT2D eigenvalue weighted by Crippen LogP contribution is -2.48. The van der Waals surface area contributed by atoms with E-state index in [9.17, 15) is 4.79 Å². The maximum Gasteiger partial charge on any atom is 0.227 e. The van der Waals surface area contributed by atoms with Gasteiger partial charge in [0.15, 0.2) is 0 Å². The largest absolute Gasteiger partial charge is 0.378 e. The van der Waals surface area contributed by atoms with Crippen LogP contribution in [0.25, 0.3) is 21.7 Å². The third kappa shape index (κ3) is 3.18. The molecule has 0 spiro atoms. The van der Waals surface area contributed by atoms with Crippen molar-refractivity contribution in [2.45, 2.75) is 12.8 Å². The third-order valence-corrected chi connectivity index (χ3v) is 5.87. The number of nitrogens with zero attached hydrogens (tertiary/aromatic N) is 4. The molecule has 2 aromatic carbocycles. The summed E-state index contributed by atoms with van der Waals surface area (Å²) in [6.45, 7) is 4.34. The summed E-state index contributed by atoms with van der Waals surface area (Å²) in [7, 11) is 0. The third-order valence-electron chi connectivity index (χ3n) is 5.87. The average molecular weight is 376 g/mol. The molecule has 6 heteroatoms. The van der Waals surface area contributed by atoms with E-state index in [1.54, 1.807) is 6.33 Å². The number of ether oxygens (including phenoxy) is 1. The number of carbonyl (C=O) groups is 1. The number of morpholine rings is 1. The lowest BCUT2D eigenvalue weighted by molar-refractivity contribution is -0.139. The van der Waals surface area contributed by atoms with Crippen molar-refractivity contribution < 1.29 is 9.53 Å². The van der Waals surface area contributed by atoms with Gasteiger partial charge in [0, 0.05) is 31.6 Å². The fraction of sp³-hybridized carbons (Fsp3) is 0.409. The van der Waals surface area contributed by atoms with E-state index in [1.807, 2.05) is 11.0 Å². The van der Waals surface area contributed by atoms with Crippen LogP contribution in [0.1, 0.15) is 12.8 Å². The second kappa shape index (κ2) is 7.36. The zero-order valence-electron chi connectivity index (χ0n) is 15.9. The fourth-order valence-electron chi connectivity index (χ4n) is 4.39. The first-order valence-corrected chi connectivity index (χ1v) is 10.0. The number of amides is 1. The van der Waals surface area contributed by atoms with Gasteiger partial charge in [0.05, 0.1) is 24.6 Å². The second-order valence-electron chi connectivity index (χ2n) is 7.64. The van der Waals surface area contributed by atoms with E-state index < -0.39 is 0 Å². The van der Waals surface area contributed by atoms with E-state index in [-0.39, 0.29) is 11.8 Å². The van der Waals surface area contributed by atoms with Crippen LogP contribution >= 0.6 is 0 Å². The summed E-state index contributed by atoms with van der Waals surface area (Å²) in [5.41, 5.74) is 0.949. The highest BCUT2D eigenvalue weighted by atomic mass is 16.5. The Hall–Kier alpha value is -2.73. The van der Waals surface area contributed by atoms with Crippen molar-refractivity contribution in [2.24, 2.45) is 5.92 Å². The molecule has 1 aromatic heterocycles. The number of anilines is 1. The number of piperidine rings is 1. The maximum atomic E-state index is 13.0. The molecule has 0 aliphatic carbocycles. The van der Waals surface area contributed by atoms with Crippen molar-refractivity contribution in [1.29, 1.82) is 0 Å². The minimum atomic E-state index is 0.0253. The van der Waals surface area contributed by atoms with Crippen LogP contribution in [0.2, 0.25) is 0 Å². The van der Waals surface area contributed by atoms with Gasteiger partial charge in [0.25, 0.3) is 0 Å². The molecular weight excluding hydrogens is 352 g/mol. The van der Waals surface area contributed by atoms with Crippen molar-refractivity contribution in [2.75, 3.05) is 44.3 Å². The summed E-state index contributed by atoms with van der Waals surface area (Å²) in [5.74, 6) is 1.23. The number of hydrogen-bond acceptors (Lipinski definition) is 5. The van der Waals surface area contributed by atoms with Crippen LogP contribution in [-0.4, -0.2) is 60.2 Å². The average Bonchev–Trinajstić information content (AvgIpc) is 2.77. The summed E-state index contributed by atoms with van der Waals surface area (Å²) in [4.78, 5) is 26.3. The van der Waals surface area contributed by atoms with Gasteiger partial charge in [-0.15, -0.1) is 0 Å². The molecule has 2 aliphatic heterocycles. The smallest absolute Gasteiger partial charge is 0.227 e. The molecule has 2 fully saturated rings. The Labute approximate surface area is 164 Å². The summed E-state index contributed by atoms with van der Waals surface area (Å²) in [6, 6.07) is 12.6. The molecule has 1 amide bonds. The van der Waals surface area contributed by atoms with Gasteiger partial charge in [-0.3, -0.25) is 4.79 Å². The highest BCUT2D eigenvalue weighted by Gasteiger charge is 2.31. The number of hydrogen-bond donors (Lipinski definition) is 0. The number of rotatable bonds is 2. The van der Waals surface area contributed by atoms with Crippen LogP contribution in [0.3, 0.4) is 0 Å². The van der Waals surface area contributed by atoms with E-state index in [1.165, 1.54) is 10.8 Å². The van der Waals surface area contributed by atoms with Crippen LogP contribution in [0.5, 0.6) is 0 Å². The number of benzene rings is 2. The Morgan fingerprint density at radius 2 is 1.82 bits per heavy atom. The molecule has 0 saturated carbocycles. The van der Waals surface area contributed by atoms with Crippen molar-refractivity contribution >= 4 is 33.4 Å². The normalized spacial score (nSPS) is 20.6. The number of carbonyl (C=O) groups excluding carboxylic acids is 1. The first-order chi connectivity index (χ1) is 13.8. The standard InChI is InChI=1S/C22H24N4O2/c27-22(25-8-10-28-11-9-25)18-6-3-7-26(14-18)21-19-12-16-4-1-2-5-17(16)13-20(19)23-15-24-21/h1-2,4-5,12-13,15,18H,3,6-11,14H2/t18-/m0/s1. The molecule has 144 valence electrons. The SMILES string of the molecule is O=C([C@H]1CCCN(c2ncnc3cc4ccccc4cc23)C1)N1CCOCC1. The number of aromatic nitrogens is 2. The molecule has 3 aromatic rings. The molecule has 5 rings (SSSR count). The summed E-state index contributed by atoms with van der Waals surface area (Å²) >= 11 is 0. The molecule has 28 heavy (non-hydrogen) atoms. The minimum Gasteiger partial charge on any atom is -0.378 e. The molecule has 2 aliphatic rings. The zero-order valence-corrected chi connectivity index (χ0v) is 15.9. The summed E-state index contributed by atoms with van der Waals surface area (Å²) in [5, 5.41) is 3.42. The molecule has 0 radical (unpaired) electrons. The molecule has 6 nitrogen and oxygen atoms in total. The Morgan fingerprint density at radius 3 is 2.64 bits per heavy atom. The van der Waals surface area contributed by atoms with Gasteiger partial charge < -0.3 is 14.5 Å². The predicted molar refractivity (Wildman–Crippen MR) is 109 cm³/mol. The van der Waals surface area contributed by atoms with Crippen molar-refractivity contribution in [3.8, 4) is 0 Å². The molecule has 1 atom stereocenters. The number of fused-ring (bicyclic) bond motifs is 2. The monoisotopic (exact) mass is 376 g/mol. The highest BCUT2D eigenvalue weighted by Crippen LogP contribution is 2.31. The fourth-order valence-corrected chi connectivity index (χ4v) is 4.39. The lowest BCUT2D eigenvalue weighted by atomic mass is 9.96. The van der Waals surface area contributed by atoms with E-state index in [0.717, 1.165) is 42.7 Å². The maximum absolute atomic E-state index is 13.0. The van der Waals surface area contributed by atoms with Gasteiger partial charge in [-0.05, 0) is 35.7 Å². The van der Waals surface area contributed by atoms with Gasteiger partial charge in [-0.25, -0.2) is 9.97 Å². The van der Waals surface area contributed by atoms with Gasteiger partial charge in [0.2, 0.25) is 5.91 Å². The van der Waals surface area contributed by atoms with E-state index >= 15 is 0 Å². The van der Waals surface area contributed by atoms with Crippen LogP contribution in [0.15, 0.2) is 42.7 Å². The van der Waals surface area contributed by atoms with Crippen molar-refractivity contribution in [1.82, 2.24) is 14.9 Å². The lowest BCUT2D eigenvalue weighted by Gasteiger charge is -2.37. The van der Waals surface area contributed by atoms with Crippen LogP contribution in [0, 0.1) is 5.92 Å². The van der Waals surface area contributed by atoms with Gasteiger partial charge in [0.1, 0.15) is 12.1 Å². The summed E-state index contributed by atoms with van der Waals surface area (Å²) < 4.78 is 5.39. The van der Waals surface area contributed by atoms with E-state index in [2.05, 4.69) is 45.2 Å². The first kappa shape index (κ1) is 17.4. The van der Waals surface area contributed by atoms with Crippen LogP contribution < -0.4 is 4.90 Å². The molecule has 0 N–H and O–H groups in total. The Bertz CT molecular complexity index is 1020. The minimum absolute atomic E-state index is 0.0253.